The molecule has 1 saturated carbocycles. The number of rotatable bonds is 4. The molecule has 2 aliphatic rings. The van der Waals surface area contributed by atoms with Crippen molar-refractivity contribution in [2.75, 3.05) is 13.6 Å². The van der Waals surface area contributed by atoms with Gasteiger partial charge in [-0.3, -0.25) is 0 Å². The highest BCUT2D eigenvalue weighted by molar-refractivity contribution is 5.15. The molecule has 20 heavy (non-hydrogen) atoms. The fourth-order valence-corrected chi connectivity index (χ4v) is 3.91. The molecule has 110 valence electrons. The van der Waals surface area contributed by atoms with Crippen LogP contribution in [0.3, 0.4) is 0 Å². The van der Waals surface area contributed by atoms with Crippen molar-refractivity contribution in [3.63, 3.8) is 0 Å². The van der Waals surface area contributed by atoms with Crippen LogP contribution in [0.25, 0.3) is 0 Å². The van der Waals surface area contributed by atoms with E-state index in [4.69, 9.17) is 0 Å². The summed E-state index contributed by atoms with van der Waals surface area (Å²) in [5.41, 5.74) is 1.18. The van der Waals surface area contributed by atoms with Gasteiger partial charge in [0.25, 0.3) is 0 Å². The molecule has 0 radical (unpaired) electrons. The molecular formula is C17H25FN2. The summed E-state index contributed by atoms with van der Waals surface area (Å²) in [5.74, 6) is 0.755. The Labute approximate surface area is 121 Å². The number of benzene rings is 1. The second kappa shape index (κ2) is 6.23. The van der Waals surface area contributed by atoms with E-state index in [0.717, 1.165) is 25.0 Å². The van der Waals surface area contributed by atoms with E-state index < -0.39 is 0 Å². The number of likely N-dealkylation sites (N-methyl/N-ethyl adjacent to an activating group) is 1. The van der Waals surface area contributed by atoms with Crippen LogP contribution in [-0.4, -0.2) is 30.6 Å². The van der Waals surface area contributed by atoms with Gasteiger partial charge in [0, 0.05) is 25.2 Å². The Hall–Kier alpha value is -0.930. The Morgan fingerprint density at radius 3 is 2.70 bits per heavy atom. The molecule has 0 amide bonds. The summed E-state index contributed by atoms with van der Waals surface area (Å²) in [6.07, 6.45) is 6.92. The molecule has 1 N–H and O–H groups in total. The highest BCUT2D eigenvalue weighted by Gasteiger charge is 2.35. The Morgan fingerprint density at radius 2 is 1.95 bits per heavy atom. The van der Waals surface area contributed by atoms with Gasteiger partial charge in [0.05, 0.1) is 0 Å². The highest BCUT2D eigenvalue weighted by Crippen LogP contribution is 2.33. The van der Waals surface area contributed by atoms with Crippen molar-refractivity contribution < 1.29 is 4.39 Å². The fraction of sp³-hybridized carbons (Fsp3) is 0.647. The summed E-state index contributed by atoms with van der Waals surface area (Å²) in [5, 5.41) is 3.82. The summed E-state index contributed by atoms with van der Waals surface area (Å²) in [7, 11) is 2.16. The number of fused-ring (bicyclic) bond motifs is 1. The second-order valence-corrected chi connectivity index (χ2v) is 6.57. The van der Waals surface area contributed by atoms with Gasteiger partial charge in [-0.1, -0.05) is 25.0 Å². The maximum Gasteiger partial charge on any atom is 0.123 e. The first-order valence-corrected chi connectivity index (χ1v) is 7.90. The number of hydrogen-bond acceptors (Lipinski definition) is 2. The van der Waals surface area contributed by atoms with Gasteiger partial charge < -0.3 is 10.2 Å². The van der Waals surface area contributed by atoms with Crippen molar-refractivity contribution in [3.8, 4) is 0 Å². The van der Waals surface area contributed by atoms with Gasteiger partial charge in [0.2, 0.25) is 0 Å². The lowest BCUT2D eigenvalue weighted by molar-refractivity contribution is 0.288. The monoisotopic (exact) mass is 276 g/mol. The van der Waals surface area contributed by atoms with Gasteiger partial charge in [-0.05, 0) is 49.9 Å². The normalized spacial score (nSPS) is 29.6. The van der Waals surface area contributed by atoms with Gasteiger partial charge >= 0.3 is 0 Å². The van der Waals surface area contributed by atoms with E-state index in [1.165, 1.54) is 37.7 Å². The minimum atomic E-state index is -0.155. The summed E-state index contributed by atoms with van der Waals surface area (Å²) in [6, 6.07) is 8.26. The number of halogens is 1. The molecule has 3 heteroatoms. The summed E-state index contributed by atoms with van der Waals surface area (Å²) < 4.78 is 12.9. The van der Waals surface area contributed by atoms with E-state index >= 15 is 0 Å². The molecule has 0 bridgehead atoms. The maximum atomic E-state index is 12.9. The predicted molar refractivity (Wildman–Crippen MR) is 80.0 cm³/mol. The average Bonchev–Trinajstić information content (AvgIpc) is 2.83. The quantitative estimate of drug-likeness (QED) is 0.908. The number of hydrogen-bond donors (Lipinski definition) is 1. The van der Waals surface area contributed by atoms with Gasteiger partial charge in [0.15, 0.2) is 0 Å². The molecule has 1 aliphatic heterocycles. The topological polar surface area (TPSA) is 15.3 Å². The predicted octanol–water partition coefficient (Wildman–Crippen LogP) is 3.18. The van der Waals surface area contributed by atoms with E-state index in [1.54, 1.807) is 12.1 Å². The molecule has 0 spiro atoms. The van der Waals surface area contributed by atoms with Gasteiger partial charge in [0.1, 0.15) is 5.82 Å². The highest BCUT2D eigenvalue weighted by atomic mass is 19.1. The van der Waals surface area contributed by atoms with Crippen LogP contribution in [0.15, 0.2) is 24.3 Å². The maximum absolute atomic E-state index is 12.9. The molecule has 3 atom stereocenters. The van der Waals surface area contributed by atoms with Crippen molar-refractivity contribution in [1.82, 2.24) is 10.2 Å². The van der Waals surface area contributed by atoms with Gasteiger partial charge in [-0.15, -0.1) is 0 Å². The Kier molecular flexibility index (Phi) is 4.37. The molecule has 0 aromatic heterocycles. The zero-order valence-corrected chi connectivity index (χ0v) is 12.3. The lowest BCUT2D eigenvalue weighted by atomic mass is 9.85. The molecule has 1 aromatic carbocycles. The first-order valence-electron chi connectivity index (χ1n) is 7.90. The third-order valence-electron chi connectivity index (χ3n) is 4.84. The van der Waals surface area contributed by atoms with E-state index in [-0.39, 0.29) is 5.82 Å². The molecule has 3 unspecified atom stereocenters. The zero-order valence-electron chi connectivity index (χ0n) is 12.3. The Morgan fingerprint density at radius 1 is 1.20 bits per heavy atom. The molecule has 2 nitrogen and oxygen atoms in total. The lowest BCUT2D eigenvalue weighted by Gasteiger charge is -2.24. The minimum Gasteiger partial charge on any atom is -0.310 e. The van der Waals surface area contributed by atoms with Crippen LogP contribution in [0.1, 0.15) is 37.7 Å². The van der Waals surface area contributed by atoms with Crippen LogP contribution in [0.4, 0.5) is 4.39 Å². The third-order valence-corrected chi connectivity index (χ3v) is 4.84. The second-order valence-electron chi connectivity index (χ2n) is 6.57. The Balaban J connectivity index is 1.49. The fourth-order valence-electron chi connectivity index (χ4n) is 3.91. The van der Waals surface area contributed by atoms with Crippen LogP contribution >= 0.6 is 0 Å². The largest absolute Gasteiger partial charge is 0.310 e. The van der Waals surface area contributed by atoms with Crippen LogP contribution in [0.2, 0.25) is 0 Å². The van der Waals surface area contributed by atoms with Crippen molar-refractivity contribution in [2.45, 2.75) is 50.7 Å². The van der Waals surface area contributed by atoms with E-state index in [9.17, 15) is 4.39 Å². The molecule has 3 rings (SSSR count). The van der Waals surface area contributed by atoms with Gasteiger partial charge in [-0.25, -0.2) is 4.39 Å². The van der Waals surface area contributed by atoms with Crippen molar-refractivity contribution in [3.05, 3.63) is 35.6 Å². The van der Waals surface area contributed by atoms with E-state index in [2.05, 4.69) is 17.3 Å². The minimum absolute atomic E-state index is 0.155. The molecule has 1 heterocycles. The van der Waals surface area contributed by atoms with Crippen molar-refractivity contribution in [1.29, 1.82) is 0 Å². The zero-order chi connectivity index (χ0) is 13.9. The van der Waals surface area contributed by atoms with Crippen LogP contribution in [0.5, 0.6) is 0 Å². The smallest absolute Gasteiger partial charge is 0.123 e. The van der Waals surface area contributed by atoms with Crippen LogP contribution in [0, 0.1) is 11.7 Å². The van der Waals surface area contributed by atoms with E-state index in [1.807, 2.05) is 12.1 Å². The van der Waals surface area contributed by atoms with Crippen molar-refractivity contribution >= 4 is 0 Å². The standard InChI is InChI=1S/C17H25FN2/c1-20(11-13-6-8-15(18)9-7-13)12-16-10-14-4-2-3-5-17(14)19-16/h6-9,14,16-17,19H,2-5,10-12H2,1H3. The van der Waals surface area contributed by atoms with Gasteiger partial charge in [-0.2, -0.15) is 0 Å². The molecular weight excluding hydrogens is 251 g/mol. The number of nitrogens with one attached hydrogen (secondary N) is 1. The van der Waals surface area contributed by atoms with E-state index in [0.29, 0.717) is 6.04 Å². The Bertz CT molecular complexity index is 417. The molecule has 2 fully saturated rings. The SMILES string of the molecule is CN(Cc1ccc(F)cc1)CC1CC2CCCCC2N1. The number of nitrogens with zero attached hydrogens (tertiary/aromatic N) is 1. The molecule has 1 aliphatic carbocycles. The van der Waals surface area contributed by atoms with Crippen LogP contribution in [-0.2, 0) is 6.54 Å². The summed E-state index contributed by atoms with van der Waals surface area (Å²) in [6.45, 7) is 1.98. The first kappa shape index (κ1) is 14.0. The summed E-state index contributed by atoms with van der Waals surface area (Å²) in [4.78, 5) is 2.35. The van der Waals surface area contributed by atoms with Crippen LogP contribution < -0.4 is 5.32 Å². The third kappa shape index (κ3) is 3.39. The average molecular weight is 276 g/mol. The first-order chi connectivity index (χ1) is 9.70. The molecule has 1 saturated heterocycles. The van der Waals surface area contributed by atoms with Crippen molar-refractivity contribution in [2.24, 2.45) is 5.92 Å². The molecule has 1 aromatic rings. The summed E-state index contributed by atoms with van der Waals surface area (Å²) >= 11 is 0. The lowest BCUT2D eigenvalue weighted by Crippen LogP contribution is -2.39.